The molecule has 9 heteroatoms. The predicted octanol–water partition coefficient (Wildman–Crippen LogP) is 6.22. The molecule has 4 aromatic rings. The number of carbonyl (C=O) groups is 1. The summed E-state index contributed by atoms with van der Waals surface area (Å²) in [4.78, 5) is 23.9. The average molecular weight is 465 g/mol. The first-order chi connectivity index (χ1) is 13.9. The van der Waals surface area contributed by atoms with Crippen LogP contribution in [0.1, 0.15) is 27.9 Å². The molecule has 3 aromatic heterocycles. The van der Waals surface area contributed by atoms with Gasteiger partial charge in [0.2, 0.25) is 0 Å². The van der Waals surface area contributed by atoms with Crippen molar-refractivity contribution in [3.05, 3.63) is 62.3 Å². The third-order valence-electron chi connectivity index (χ3n) is 4.65. The van der Waals surface area contributed by atoms with Crippen molar-refractivity contribution in [3.8, 4) is 0 Å². The van der Waals surface area contributed by atoms with Crippen LogP contribution < -0.4 is 4.90 Å². The van der Waals surface area contributed by atoms with Gasteiger partial charge in [0.05, 0.1) is 26.4 Å². The standard InChI is InChI=1S/C20H18Cl2N4OS2/c1-12-4-5-13(2)17-16(12)24-20(29-17)26(8-3-7-25-9-6-23-11-25)19(27)14-10-15(21)28-18(14)22/h4-6,9-11H,3,7-8H2,1-2H3. The van der Waals surface area contributed by atoms with Crippen LogP contribution in [0.2, 0.25) is 8.67 Å². The molecule has 0 aliphatic heterocycles. The second kappa shape index (κ2) is 8.44. The number of carbonyl (C=O) groups excluding carboxylic acids is 1. The summed E-state index contributed by atoms with van der Waals surface area (Å²) in [5.41, 5.74) is 3.59. The molecule has 0 spiro atoms. The van der Waals surface area contributed by atoms with Crippen molar-refractivity contribution in [1.29, 1.82) is 0 Å². The number of hydrogen-bond acceptors (Lipinski definition) is 5. The van der Waals surface area contributed by atoms with E-state index in [1.54, 1.807) is 23.5 Å². The van der Waals surface area contributed by atoms with E-state index in [1.807, 2.05) is 17.7 Å². The minimum atomic E-state index is -0.182. The fourth-order valence-corrected chi connectivity index (χ4v) is 5.69. The minimum absolute atomic E-state index is 0.182. The van der Waals surface area contributed by atoms with Gasteiger partial charge in [-0.25, -0.2) is 9.97 Å². The molecule has 0 atom stereocenters. The van der Waals surface area contributed by atoms with Gasteiger partial charge in [-0.15, -0.1) is 11.3 Å². The van der Waals surface area contributed by atoms with Crippen molar-refractivity contribution in [2.24, 2.45) is 0 Å². The van der Waals surface area contributed by atoms with Crippen LogP contribution in [0.4, 0.5) is 5.13 Å². The first-order valence-corrected chi connectivity index (χ1v) is 11.4. The highest BCUT2D eigenvalue weighted by atomic mass is 35.5. The Hall–Kier alpha value is -1.93. The number of imidazole rings is 1. The Bertz CT molecular complexity index is 1130. The smallest absolute Gasteiger partial charge is 0.262 e. The lowest BCUT2D eigenvalue weighted by Crippen LogP contribution is -2.32. The second-order valence-electron chi connectivity index (χ2n) is 6.72. The summed E-state index contributed by atoms with van der Waals surface area (Å²) < 4.78 is 3.98. The van der Waals surface area contributed by atoms with E-state index < -0.39 is 0 Å². The molecule has 0 aliphatic rings. The molecule has 29 heavy (non-hydrogen) atoms. The highest BCUT2D eigenvalue weighted by molar-refractivity contribution is 7.22. The number of nitrogens with zero attached hydrogens (tertiary/aromatic N) is 4. The molecular weight excluding hydrogens is 447 g/mol. The molecule has 0 unspecified atom stereocenters. The molecule has 1 aromatic carbocycles. The predicted molar refractivity (Wildman–Crippen MR) is 122 cm³/mol. The van der Waals surface area contributed by atoms with E-state index in [1.165, 1.54) is 22.7 Å². The number of rotatable bonds is 6. The van der Waals surface area contributed by atoms with Crippen molar-refractivity contribution < 1.29 is 4.79 Å². The van der Waals surface area contributed by atoms with E-state index >= 15 is 0 Å². The van der Waals surface area contributed by atoms with Crippen LogP contribution >= 0.6 is 45.9 Å². The number of amides is 1. The van der Waals surface area contributed by atoms with E-state index in [9.17, 15) is 4.79 Å². The second-order valence-corrected chi connectivity index (χ2v) is 9.99. The van der Waals surface area contributed by atoms with E-state index in [2.05, 4.69) is 24.0 Å². The quantitative estimate of drug-likeness (QED) is 0.340. The maximum Gasteiger partial charge on any atom is 0.262 e. The summed E-state index contributed by atoms with van der Waals surface area (Å²) in [5, 5.41) is 0.673. The third kappa shape index (κ3) is 4.19. The van der Waals surface area contributed by atoms with Gasteiger partial charge in [0.25, 0.3) is 5.91 Å². The molecule has 5 nitrogen and oxygen atoms in total. The van der Waals surface area contributed by atoms with Crippen LogP contribution in [-0.4, -0.2) is 27.0 Å². The zero-order valence-corrected chi connectivity index (χ0v) is 19.0. The highest BCUT2D eigenvalue weighted by Crippen LogP contribution is 2.36. The van der Waals surface area contributed by atoms with Crippen molar-refractivity contribution in [2.75, 3.05) is 11.4 Å². The fourth-order valence-electron chi connectivity index (χ4n) is 3.11. The van der Waals surface area contributed by atoms with Crippen LogP contribution in [0, 0.1) is 13.8 Å². The van der Waals surface area contributed by atoms with Crippen molar-refractivity contribution in [1.82, 2.24) is 14.5 Å². The largest absolute Gasteiger partial charge is 0.337 e. The first-order valence-electron chi connectivity index (χ1n) is 9.03. The molecule has 150 valence electrons. The van der Waals surface area contributed by atoms with E-state index in [-0.39, 0.29) is 5.91 Å². The number of thiazole rings is 1. The van der Waals surface area contributed by atoms with Crippen LogP contribution in [0.3, 0.4) is 0 Å². The van der Waals surface area contributed by atoms with Gasteiger partial charge in [0.15, 0.2) is 5.13 Å². The van der Waals surface area contributed by atoms with Gasteiger partial charge in [-0.3, -0.25) is 9.69 Å². The Balaban J connectivity index is 1.69. The minimum Gasteiger partial charge on any atom is -0.337 e. The Labute approximate surface area is 186 Å². The molecule has 0 N–H and O–H groups in total. The van der Waals surface area contributed by atoms with Crippen molar-refractivity contribution in [2.45, 2.75) is 26.8 Å². The normalized spacial score (nSPS) is 11.3. The SMILES string of the molecule is Cc1ccc(C)c2sc(N(CCCn3ccnc3)C(=O)c3cc(Cl)sc3Cl)nc12. The van der Waals surface area contributed by atoms with Crippen LogP contribution in [0.25, 0.3) is 10.2 Å². The first kappa shape index (κ1) is 20.3. The molecule has 0 bridgehead atoms. The van der Waals surface area contributed by atoms with Gasteiger partial charge in [-0.2, -0.15) is 0 Å². The number of aromatic nitrogens is 3. The summed E-state index contributed by atoms with van der Waals surface area (Å²) in [6.07, 6.45) is 6.18. The lowest BCUT2D eigenvalue weighted by molar-refractivity contribution is 0.0987. The molecule has 4 rings (SSSR count). The molecule has 1 amide bonds. The average Bonchev–Trinajstić information content (AvgIpc) is 3.42. The summed E-state index contributed by atoms with van der Waals surface area (Å²) in [6, 6.07) is 5.77. The van der Waals surface area contributed by atoms with Crippen LogP contribution in [-0.2, 0) is 6.54 Å². The Kier molecular flexibility index (Phi) is 5.92. The Morgan fingerprint density at radius 2 is 2.00 bits per heavy atom. The number of aryl methyl sites for hydroxylation is 3. The van der Waals surface area contributed by atoms with Gasteiger partial charge in [0, 0.05) is 25.5 Å². The maximum absolute atomic E-state index is 13.4. The number of halogens is 2. The lowest BCUT2D eigenvalue weighted by atomic mass is 10.1. The number of fused-ring (bicyclic) bond motifs is 1. The molecule has 0 radical (unpaired) electrons. The van der Waals surface area contributed by atoms with Gasteiger partial charge in [-0.05, 0) is 37.5 Å². The lowest BCUT2D eigenvalue weighted by Gasteiger charge is -2.19. The monoisotopic (exact) mass is 464 g/mol. The summed E-state index contributed by atoms with van der Waals surface area (Å²) >= 11 is 15.1. The van der Waals surface area contributed by atoms with Gasteiger partial charge < -0.3 is 4.57 Å². The van der Waals surface area contributed by atoms with Crippen molar-refractivity contribution in [3.63, 3.8) is 0 Å². The molecule has 0 saturated carbocycles. The van der Waals surface area contributed by atoms with Gasteiger partial charge in [-0.1, -0.05) is 46.7 Å². The molecule has 3 heterocycles. The molecule has 0 aliphatic carbocycles. The van der Waals surface area contributed by atoms with Crippen molar-refractivity contribution >= 4 is 67.1 Å². The Morgan fingerprint density at radius 3 is 2.66 bits per heavy atom. The molecular formula is C20H18Cl2N4OS2. The number of thiophene rings is 1. The summed E-state index contributed by atoms with van der Waals surface area (Å²) in [6.45, 7) is 5.36. The van der Waals surface area contributed by atoms with Gasteiger partial charge in [0.1, 0.15) is 4.34 Å². The summed E-state index contributed by atoms with van der Waals surface area (Å²) in [7, 11) is 0. The van der Waals surface area contributed by atoms with Gasteiger partial charge >= 0.3 is 0 Å². The molecule has 0 saturated heterocycles. The highest BCUT2D eigenvalue weighted by Gasteiger charge is 2.25. The van der Waals surface area contributed by atoms with E-state index in [4.69, 9.17) is 28.2 Å². The zero-order chi connectivity index (χ0) is 20.5. The fraction of sp³-hybridized carbons (Fsp3) is 0.250. The summed E-state index contributed by atoms with van der Waals surface area (Å²) in [5.74, 6) is -0.182. The van der Waals surface area contributed by atoms with Crippen LogP contribution in [0.5, 0.6) is 0 Å². The maximum atomic E-state index is 13.4. The van der Waals surface area contributed by atoms with E-state index in [0.717, 1.165) is 34.3 Å². The Morgan fingerprint density at radius 1 is 1.21 bits per heavy atom. The molecule has 0 fully saturated rings. The third-order valence-corrected chi connectivity index (χ3v) is 7.35. The topological polar surface area (TPSA) is 51.0 Å². The zero-order valence-electron chi connectivity index (χ0n) is 15.9. The number of hydrogen-bond donors (Lipinski definition) is 0. The number of benzene rings is 1. The van der Waals surface area contributed by atoms with Crippen LogP contribution in [0.15, 0.2) is 36.9 Å². The number of anilines is 1. The van der Waals surface area contributed by atoms with E-state index in [0.29, 0.717) is 25.9 Å².